The second-order valence-corrected chi connectivity index (χ2v) is 3.58. The molecule has 0 aromatic rings. The Morgan fingerprint density at radius 1 is 1.38 bits per heavy atom. The van der Waals surface area contributed by atoms with Crippen LogP contribution in [0.1, 0.15) is 46.0 Å². The average molecular weight is 182 g/mol. The predicted molar refractivity (Wildman–Crippen MR) is 52.4 cm³/mol. The van der Waals surface area contributed by atoms with Crippen molar-refractivity contribution in [1.82, 2.24) is 0 Å². The molecule has 2 nitrogen and oxygen atoms in total. The first-order chi connectivity index (χ1) is 6.24. The van der Waals surface area contributed by atoms with Gasteiger partial charge >= 0.3 is 0 Å². The van der Waals surface area contributed by atoms with Crippen LogP contribution in [-0.4, -0.2) is 11.9 Å². The van der Waals surface area contributed by atoms with Crippen molar-refractivity contribution in [2.45, 2.75) is 52.1 Å². The number of carbonyl (C=O) groups is 1. The van der Waals surface area contributed by atoms with Gasteiger partial charge in [-0.05, 0) is 13.3 Å². The molecule has 0 aromatic carbocycles. The molecule has 0 aromatic heterocycles. The summed E-state index contributed by atoms with van der Waals surface area (Å²) in [5, 5.41) is 0. The van der Waals surface area contributed by atoms with Gasteiger partial charge in [-0.1, -0.05) is 26.2 Å². The Kier molecular flexibility index (Phi) is 4.00. The molecule has 0 fully saturated rings. The summed E-state index contributed by atoms with van der Waals surface area (Å²) in [6.07, 6.45) is 7.24. The maximum Gasteiger partial charge on any atom is 0.199 e. The summed E-state index contributed by atoms with van der Waals surface area (Å²) >= 11 is 0. The number of rotatable bonds is 5. The smallest absolute Gasteiger partial charge is 0.199 e. The number of hydrogen-bond donors (Lipinski definition) is 0. The zero-order chi connectivity index (χ0) is 9.68. The Hall–Kier alpha value is -0.790. The van der Waals surface area contributed by atoms with Gasteiger partial charge in [0.05, 0.1) is 0 Å². The van der Waals surface area contributed by atoms with Crippen molar-refractivity contribution in [1.29, 1.82) is 0 Å². The van der Waals surface area contributed by atoms with E-state index in [-0.39, 0.29) is 11.9 Å². The molecule has 2 heteroatoms. The van der Waals surface area contributed by atoms with Crippen LogP contribution in [0.4, 0.5) is 0 Å². The third kappa shape index (κ3) is 3.21. The summed E-state index contributed by atoms with van der Waals surface area (Å²) in [6.45, 7) is 3.99. The molecular weight excluding hydrogens is 164 g/mol. The van der Waals surface area contributed by atoms with E-state index in [0.717, 1.165) is 18.6 Å². The van der Waals surface area contributed by atoms with Gasteiger partial charge in [0, 0.05) is 12.5 Å². The second kappa shape index (κ2) is 5.05. The third-order valence-electron chi connectivity index (χ3n) is 2.31. The highest BCUT2D eigenvalue weighted by atomic mass is 16.5. The van der Waals surface area contributed by atoms with Gasteiger partial charge < -0.3 is 4.74 Å². The lowest BCUT2D eigenvalue weighted by Gasteiger charge is -2.06. The van der Waals surface area contributed by atoms with E-state index in [1.54, 1.807) is 13.0 Å². The van der Waals surface area contributed by atoms with Gasteiger partial charge in [0.15, 0.2) is 11.9 Å². The molecule has 74 valence electrons. The van der Waals surface area contributed by atoms with Crippen molar-refractivity contribution in [3.63, 3.8) is 0 Å². The number of ether oxygens (including phenoxy) is 1. The second-order valence-electron chi connectivity index (χ2n) is 3.58. The summed E-state index contributed by atoms with van der Waals surface area (Å²) in [7, 11) is 0. The van der Waals surface area contributed by atoms with E-state index in [9.17, 15) is 4.79 Å². The Morgan fingerprint density at radius 2 is 2.15 bits per heavy atom. The van der Waals surface area contributed by atoms with E-state index < -0.39 is 0 Å². The van der Waals surface area contributed by atoms with Gasteiger partial charge in [0.25, 0.3) is 0 Å². The summed E-state index contributed by atoms with van der Waals surface area (Å²) in [4.78, 5) is 11.1. The SMILES string of the molecule is CCCCCCC1=CC(=O)[C@H](C)O1. The predicted octanol–water partition coefficient (Wildman–Crippen LogP) is 2.83. The molecule has 0 spiro atoms. The van der Waals surface area contributed by atoms with Crippen molar-refractivity contribution in [2.24, 2.45) is 0 Å². The van der Waals surface area contributed by atoms with Gasteiger partial charge in [-0.3, -0.25) is 4.79 Å². The molecule has 0 amide bonds. The van der Waals surface area contributed by atoms with E-state index in [4.69, 9.17) is 4.74 Å². The summed E-state index contributed by atoms with van der Waals surface area (Å²) in [5.74, 6) is 0.999. The van der Waals surface area contributed by atoms with E-state index in [1.807, 2.05) is 0 Å². The van der Waals surface area contributed by atoms with E-state index >= 15 is 0 Å². The zero-order valence-electron chi connectivity index (χ0n) is 8.51. The number of allylic oxidation sites excluding steroid dienone is 1. The van der Waals surface area contributed by atoms with Crippen molar-refractivity contribution in [2.75, 3.05) is 0 Å². The largest absolute Gasteiger partial charge is 0.487 e. The third-order valence-corrected chi connectivity index (χ3v) is 2.31. The Bertz CT molecular complexity index is 206. The summed E-state index contributed by atoms with van der Waals surface area (Å²) in [5.41, 5.74) is 0. The lowest BCUT2D eigenvalue weighted by molar-refractivity contribution is -0.119. The fourth-order valence-electron chi connectivity index (χ4n) is 1.45. The number of unbranched alkanes of at least 4 members (excludes halogenated alkanes) is 3. The van der Waals surface area contributed by atoms with Crippen molar-refractivity contribution in [3.05, 3.63) is 11.8 Å². The van der Waals surface area contributed by atoms with Crippen LogP contribution < -0.4 is 0 Å². The molecule has 1 aliphatic rings. The molecule has 0 bridgehead atoms. The minimum Gasteiger partial charge on any atom is -0.487 e. The van der Waals surface area contributed by atoms with Gasteiger partial charge in [0.1, 0.15) is 5.76 Å². The molecule has 0 unspecified atom stereocenters. The van der Waals surface area contributed by atoms with Gasteiger partial charge in [-0.2, -0.15) is 0 Å². The highest BCUT2D eigenvalue weighted by molar-refractivity contribution is 5.95. The number of ketones is 1. The normalized spacial score (nSPS) is 21.5. The zero-order valence-corrected chi connectivity index (χ0v) is 8.51. The maximum absolute atomic E-state index is 11.1. The van der Waals surface area contributed by atoms with Crippen molar-refractivity contribution < 1.29 is 9.53 Å². The van der Waals surface area contributed by atoms with Crippen LogP contribution in [0, 0.1) is 0 Å². The molecule has 13 heavy (non-hydrogen) atoms. The number of hydrogen-bond acceptors (Lipinski definition) is 2. The molecule has 0 aliphatic carbocycles. The van der Waals surface area contributed by atoms with Gasteiger partial charge in [0.2, 0.25) is 0 Å². The van der Waals surface area contributed by atoms with Crippen LogP contribution in [0.15, 0.2) is 11.8 Å². The minimum absolute atomic E-state index is 0.116. The van der Waals surface area contributed by atoms with Crippen LogP contribution in [0.3, 0.4) is 0 Å². The molecule has 0 saturated carbocycles. The summed E-state index contributed by atoms with van der Waals surface area (Å²) in [6, 6.07) is 0. The van der Waals surface area contributed by atoms with Crippen LogP contribution >= 0.6 is 0 Å². The van der Waals surface area contributed by atoms with Crippen LogP contribution in [0.25, 0.3) is 0 Å². The molecular formula is C11H18O2. The maximum atomic E-state index is 11.1. The van der Waals surface area contributed by atoms with Crippen molar-refractivity contribution in [3.8, 4) is 0 Å². The first-order valence-electron chi connectivity index (χ1n) is 5.15. The van der Waals surface area contributed by atoms with Gasteiger partial charge in [-0.15, -0.1) is 0 Å². The van der Waals surface area contributed by atoms with Crippen LogP contribution in [0.2, 0.25) is 0 Å². The molecule has 1 heterocycles. The van der Waals surface area contributed by atoms with E-state index in [2.05, 4.69) is 6.92 Å². The standard InChI is InChI=1S/C11H18O2/c1-3-4-5-6-7-10-8-11(12)9(2)13-10/h8-9H,3-7H2,1-2H3/t9-/m0/s1. The lowest BCUT2D eigenvalue weighted by atomic mass is 10.1. The molecule has 1 aliphatic heterocycles. The van der Waals surface area contributed by atoms with Crippen LogP contribution in [-0.2, 0) is 9.53 Å². The van der Waals surface area contributed by atoms with E-state index in [0.29, 0.717) is 0 Å². The topological polar surface area (TPSA) is 26.3 Å². The van der Waals surface area contributed by atoms with Gasteiger partial charge in [-0.25, -0.2) is 0 Å². The lowest BCUT2D eigenvalue weighted by Crippen LogP contribution is -2.09. The molecule has 1 atom stereocenters. The minimum atomic E-state index is -0.235. The molecule has 0 saturated heterocycles. The highest BCUT2D eigenvalue weighted by Crippen LogP contribution is 2.19. The Morgan fingerprint density at radius 3 is 2.69 bits per heavy atom. The Balaban J connectivity index is 2.16. The van der Waals surface area contributed by atoms with E-state index in [1.165, 1.54) is 19.3 Å². The quantitative estimate of drug-likeness (QED) is 0.611. The van der Waals surface area contributed by atoms with Crippen molar-refractivity contribution >= 4 is 5.78 Å². The first-order valence-corrected chi connectivity index (χ1v) is 5.15. The molecule has 0 N–H and O–H groups in total. The number of carbonyl (C=O) groups excluding carboxylic acids is 1. The first kappa shape index (κ1) is 10.3. The molecule has 1 rings (SSSR count). The Labute approximate surface area is 80.0 Å². The van der Waals surface area contributed by atoms with Crippen LogP contribution in [0.5, 0.6) is 0 Å². The average Bonchev–Trinajstić information content (AvgIpc) is 2.41. The fraction of sp³-hybridized carbons (Fsp3) is 0.727. The fourth-order valence-corrected chi connectivity index (χ4v) is 1.45. The summed E-state index contributed by atoms with van der Waals surface area (Å²) < 4.78 is 5.37. The molecule has 0 radical (unpaired) electrons. The monoisotopic (exact) mass is 182 g/mol. The highest BCUT2D eigenvalue weighted by Gasteiger charge is 2.21.